The summed E-state index contributed by atoms with van der Waals surface area (Å²) in [5, 5.41) is 2.28. The Morgan fingerprint density at radius 3 is 1.35 bits per heavy atom. The van der Waals surface area contributed by atoms with E-state index in [1.807, 2.05) is 48.5 Å². The van der Waals surface area contributed by atoms with Gasteiger partial charge in [-0.2, -0.15) is 0 Å². The number of nitrogens with zero attached hydrogens (tertiary/aromatic N) is 2. The number of benzene rings is 3. The van der Waals surface area contributed by atoms with E-state index >= 15 is 0 Å². The molecule has 0 saturated carbocycles. The number of hydrogen-bond acceptors (Lipinski definition) is 2. The van der Waals surface area contributed by atoms with E-state index in [0.717, 1.165) is 30.7 Å². The second kappa shape index (κ2) is 10.4. The molecule has 2 heterocycles. The number of hydrogen-bond donors (Lipinski definition) is 0. The van der Waals surface area contributed by atoms with Crippen LogP contribution in [0.2, 0.25) is 0 Å². The fraction of sp³-hybridized carbons (Fsp3) is 0.0769. The van der Waals surface area contributed by atoms with E-state index in [9.17, 15) is 0 Å². The van der Waals surface area contributed by atoms with E-state index in [4.69, 9.17) is 17.8 Å². The van der Waals surface area contributed by atoms with E-state index in [1.54, 1.807) is 12.4 Å². The summed E-state index contributed by atoms with van der Waals surface area (Å²) in [6, 6.07) is 32.7. The Balaban J connectivity index is 0.000000151. The average molecular weight is 552 g/mol. The molecule has 0 atom stereocenters. The topological polar surface area (TPSA) is 25.8 Å². The van der Waals surface area contributed by atoms with Gasteiger partial charge in [-0.15, -0.1) is 0 Å². The summed E-state index contributed by atoms with van der Waals surface area (Å²) in [5.74, 6) is 0. The molecule has 0 amide bonds. The molecule has 5 aromatic rings. The molecule has 2 aromatic heterocycles. The zero-order valence-electron chi connectivity index (χ0n) is 17.0. The van der Waals surface area contributed by atoms with E-state index in [0.29, 0.717) is 0 Å². The molecule has 5 heteroatoms. The summed E-state index contributed by atoms with van der Waals surface area (Å²) >= 11 is -3.01. The van der Waals surface area contributed by atoms with Crippen LogP contribution in [0.5, 0.6) is 0 Å². The molecule has 0 N–H and O–H groups in total. The molecule has 5 rings (SSSR count). The Morgan fingerprint density at radius 1 is 0.516 bits per heavy atom. The number of fused-ring (bicyclic) bond motifs is 3. The van der Waals surface area contributed by atoms with Crippen molar-refractivity contribution in [3.63, 3.8) is 0 Å². The van der Waals surface area contributed by atoms with Crippen molar-refractivity contribution in [2.75, 3.05) is 0 Å². The van der Waals surface area contributed by atoms with Crippen molar-refractivity contribution < 1.29 is 0 Å². The molecule has 154 valence electrons. The molecule has 0 aliphatic carbocycles. The first-order valence-corrected chi connectivity index (χ1v) is 21.4. The van der Waals surface area contributed by atoms with Crippen LogP contribution in [-0.4, -0.2) is 26.1 Å². The van der Waals surface area contributed by atoms with Gasteiger partial charge in [0.05, 0.1) is 11.0 Å². The summed E-state index contributed by atoms with van der Waals surface area (Å²) in [6.45, 7) is 0. The van der Waals surface area contributed by atoms with Crippen LogP contribution in [0.25, 0.3) is 21.8 Å². The molecule has 0 spiro atoms. The zero-order chi connectivity index (χ0) is 21.5. The van der Waals surface area contributed by atoms with Crippen molar-refractivity contribution in [1.29, 1.82) is 0 Å². The van der Waals surface area contributed by atoms with Gasteiger partial charge < -0.3 is 0 Å². The smallest absolute Gasteiger partial charge is 0.0964 e. The minimum Gasteiger partial charge on any atom is -0.254 e. The van der Waals surface area contributed by atoms with Gasteiger partial charge in [0.15, 0.2) is 0 Å². The molecule has 31 heavy (non-hydrogen) atoms. The van der Waals surface area contributed by atoms with Crippen LogP contribution in [0, 0.1) is 0 Å². The molecular formula is C26H22Cl2N2Sn. The van der Waals surface area contributed by atoms with Gasteiger partial charge in [0.2, 0.25) is 0 Å². The van der Waals surface area contributed by atoms with Gasteiger partial charge in [-0.25, -0.2) is 0 Å². The molecular weight excluding hydrogens is 530 g/mol. The van der Waals surface area contributed by atoms with Crippen LogP contribution in [-0.2, 0) is 8.87 Å². The fourth-order valence-electron chi connectivity index (χ4n) is 3.53. The Kier molecular flexibility index (Phi) is 7.44. The van der Waals surface area contributed by atoms with Crippen LogP contribution in [0.1, 0.15) is 11.1 Å². The number of halogens is 2. The van der Waals surface area contributed by atoms with E-state index in [-0.39, 0.29) is 0 Å². The maximum absolute atomic E-state index is 6.58. The van der Waals surface area contributed by atoms with Crippen LogP contribution < -0.4 is 0 Å². The minimum atomic E-state index is -3.01. The minimum absolute atomic E-state index is 0.869. The standard InChI is InChI=1S/C12H8N2.2C7H7.2ClH.Sn/c1-3-9-5-6-10-4-2-8-14-12(10)11(9)13-7-1;2*1-7-5-3-2-4-6-7;;;/h1-8H;2*2-6H,1H2;2*1H;/q;;;;;+2/p-2. The number of rotatable bonds is 4. The zero-order valence-corrected chi connectivity index (χ0v) is 21.3. The predicted octanol–water partition coefficient (Wildman–Crippen LogP) is 7.25. The molecule has 0 saturated heterocycles. The fourth-order valence-corrected chi connectivity index (χ4v) is 12.8. The Hall–Kier alpha value is -2.14. The second-order valence-electron chi connectivity index (χ2n) is 7.40. The maximum Gasteiger partial charge on any atom is 0.0964 e. The Labute approximate surface area is 194 Å². The van der Waals surface area contributed by atoms with Gasteiger partial charge in [-0.1, -0.05) is 24.3 Å². The number of pyridine rings is 2. The van der Waals surface area contributed by atoms with Gasteiger partial charge in [0.1, 0.15) is 0 Å². The van der Waals surface area contributed by atoms with Crippen molar-refractivity contribution in [3.05, 3.63) is 121 Å². The van der Waals surface area contributed by atoms with Gasteiger partial charge in [0, 0.05) is 23.2 Å². The van der Waals surface area contributed by atoms with Crippen LogP contribution in [0.15, 0.2) is 109 Å². The first-order chi connectivity index (χ1) is 15.1. The molecule has 2 nitrogen and oxygen atoms in total. The van der Waals surface area contributed by atoms with Crippen molar-refractivity contribution in [3.8, 4) is 0 Å². The van der Waals surface area contributed by atoms with Gasteiger partial charge >= 0.3 is 115 Å². The second-order valence-corrected chi connectivity index (χ2v) is 25.3. The predicted molar refractivity (Wildman–Crippen MR) is 135 cm³/mol. The third-order valence-electron chi connectivity index (χ3n) is 4.96. The largest absolute Gasteiger partial charge is 0.254 e. The third kappa shape index (κ3) is 6.19. The summed E-state index contributed by atoms with van der Waals surface area (Å²) in [4.78, 5) is 8.69. The normalized spacial score (nSPS) is 11.2. The quantitative estimate of drug-likeness (QED) is 0.174. The SMILES string of the molecule is [Cl][Sn]([Cl])([CH2]c1ccccc1)[CH2]c1ccccc1.c1cnc2c(c1)ccc1cccnc12. The van der Waals surface area contributed by atoms with Crippen molar-refractivity contribution in [2.45, 2.75) is 8.87 Å². The average Bonchev–Trinajstić information content (AvgIpc) is 2.80. The van der Waals surface area contributed by atoms with Gasteiger partial charge in [-0.3, -0.25) is 9.97 Å². The molecule has 0 aliphatic rings. The van der Waals surface area contributed by atoms with Crippen LogP contribution in [0.3, 0.4) is 0 Å². The molecule has 0 radical (unpaired) electrons. The molecule has 3 aromatic carbocycles. The molecule has 0 unspecified atom stereocenters. The Morgan fingerprint density at radius 2 is 0.935 bits per heavy atom. The summed E-state index contributed by atoms with van der Waals surface area (Å²) in [5.41, 5.74) is 4.46. The third-order valence-corrected chi connectivity index (χ3v) is 13.8. The Bertz CT molecular complexity index is 1160. The summed E-state index contributed by atoms with van der Waals surface area (Å²) in [7, 11) is 13.2. The van der Waals surface area contributed by atoms with Crippen molar-refractivity contribution in [2.24, 2.45) is 0 Å². The van der Waals surface area contributed by atoms with E-state index < -0.39 is 16.1 Å². The monoisotopic (exact) mass is 552 g/mol. The van der Waals surface area contributed by atoms with Gasteiger partial charge in [-0.05, 0) is 12.1 Å². The van der Waals surface area contributed by atoms with Crippen molar-refractivity contribution in [1.82, 2.24) is 9.97 Å². The molecule has 0 fully saturated rings. The number of aromatic nitrogens is 2. The van der Waals surface area contributed by atoms with E-state index in [1.165, 1.54) is 11.1 Å². The first-order valence-electron chi connectivity index (χ1n) is 10.1. The van der Waals surface area contributed by atoms with E-state index in [2.05, 4.69) is 58.5 Å². The first kappa shape index (κ1) is 22.1. The molecule has 0 bridgehead atoms. The van der Waals surface area contributed by atoms with Gasteiger partial charge in [0.25, 0.3) is 0 Å². The maximum atomic E-state index is 6.58. The van der Waals surface area contributed by atoms with Crippen molar-refractivity contribution >= 4 is 55.8 Å². The van der Waals surface area contributed by atoms with Crippen LogP contribution in [0.4, 0.5) is 0 Å². The van der Waals surface area contributed by atoms with Crippen LogP contribution >= 0.6 is 17.8 Å². The molecule has 0 aliphatic heterocycles. The summed E-state index contributed by atoms with van der Waals surface area (Å²) in [6.07, 6.45) is 3.60. The summed E-state index contributed by atoms with van der Waals surface area (Å²) < 4.78 is 1.74.